The van der Waals surface area contributed by atoms with Gasteiger partial charge >= 0.3 is 0 Å². The number of imidazole rings is 1. The Morgan fingerprint density at radius 2 is 2.07 bits per heavy atom. The number of nitrogens with two attached hydrogens (primary N) is 1. The summed E-state index contributed by atoms with van der Waals surface area (Å²) in [4.78, 5) is 13.0. The van der Waals surface area contributed by atoms with Gasteiger partial charge in [-0.25, -0.2) is 0 Å². The Bertz CT molecular complexity index is 417. The Morgan fingerprint density at radius 1 is 1.29 bits per heavy atom. The molecule has 0 aromatic carbocycles. The lowest BCUT2D eigenvalue weighted by molar-refractivity contribution is 0.921. The number of fused-ring (bicyclic) bond motifs is 1. The standard InChI is InChI=1S/C9H13N5/c10-7-5-6-8(12-7)13-9(11-6)14-3-1-2-4-14/h5,12H,1-4,10H2,(H,11,13). The highest BCUT2D eigenvalue weighted by Crippen LogP contribution is 2.21. The number of anilines is 2. The average Bonchev–Trinajstić information content (AvgIpc) is 2.74. The first-order valence-corrected chi connectivity index (χ1v) is 4.92. The van der Waals surface area contributed by atoms with Crippen molar-refractivity contribution in [2.75, 3.05) is 23.7 Å². The van der Waals surface area contributed by atoms with E-state index in [4.69, 9.17) is 5.73 Å². The maximum atomic E-state index is 5.61. The minimum Gasteiger partial charge on any atom is -0.385 e. The van der Waals surface area contributed by atoms with Crippen molar-refractivity contribution < 1.29 is 0 Å². The first kappa shape index (κ1) is 7.73. The number of hydrogen-bond acceptors (Lipinski definition) is 3. The van der Waals surface area contributed by atoms with Crippen LogP contribution < -0.4 is 10.6 Å². The molecule has 1 aliphatic heterocycles. The summed E-state index contributed by atoms with van der Waals surface area (Å²) in [6.07, 6.45) is 2.52. The third-order valence-corrected chi connectivity index (χ3v) is 2.69. The van der Waals surface area contributed by atoms with Crippen LogP contribution in [0.15, 0.2) is 6.07 Å². The molecule has 1 aliphatic rings. The van der Waals surface area contributed by atoms with Crippen molar-refractivity contribution in [1.82, 2.24) is 15.0 Å². The van der Waals surface area contributed by atoms with Crippen LogP contribution in [0.1, 0.15) is 12.8 Å². The van der Waals surface area contributed by atoms with Crippen molar-refractivity contribution in [3.8, 4) is 0 Å². The van der Waals surface area contributed by atoms with Gasteiger partial charge in [0, 0.05) is 19.2 Å². The molecule has 0 amide bonds. The highest BCUT2D eigenvalue weighted by Gasteiger charge is 2.16. The monoisotopic (exact) mass is 191 g/mol. The Balaban J connectivity index is 2.01. The van der Waals surface area contributed by atoms with E-state index in [0.717, 1.165) is 30.2 Å². The number of nitrogen functional groups attached to an aromatic ring is 1. The number of nitrogens with one attached hydrogen (secondary N) is 2. The third kappa shape index (κ3) is 1.05. The van der Waals surface area contributed by atoms with Gasteiger partial charge in [-0.05, 0) is 12.8 Å². The Kier molecular flexibility index (Phi) is 1.47. The molecule has 0 radical (unpaired) electrons. The van der Waals surface area contributed by atoms with Crippen molar-refractivity contribution in [2.24, 2.45) is 0 Å². The lowest BCUT2D eigenvalue weighted by atomic mass is 10.4. The van der Waals surface area contributed by atoms with Gasteiger partial charge in [-0.1, -0.05) is 0 Å². The largest absolute Gasteiger partial charge is 0.385 e. The van der Waals surface area contributed by atoms with Gasteiger partial charge in [0.25, 0.3) is 0 Å². The summed E-state index contributed by atoms with van der Waals surface area (Å²) >= 11 is 0. The van der Waals surface area contributed by atoms with Crippen LogP contribution >= 0.6 is 0 Å². The molecule has 5 nitrogen and oxygen atoms in total. The van der Waals surface area contributed by atoms with E-state index < -0.39 is 0 Å². The summed E-state index contributed by atoms with van der Waals surface area (Å²) < 4.78 is 0. The summed E-state index contributed by atoms with van der Waals surface area (Å²) in [5.41, 5.74) is 7.45. The van der Waals surface area contributed by atoms with Crippen LogP contribution in [0.25, 0.3) is 11.2 Å². The van der Waals surface area contributed by atoms with Crippen LogP contribution in [0.4, 0.5) is 11.8 Å². The zero-order chi connectivity index (χ0) is 9.54. The molecule has 3 rings (SSSR count). The lowest BCUT2D eigenvalue weighted by Gasteiger charge is -2.12. The quantitative estimate of drug-likeness (QED) is 0.631. The lowest BCUT2D eigenvalue weighted by Crippen LogP contribution is -2.18. The molecule has 0 atom stereocenters. The predicted octanol–water partition coefficient (Wildman–Crippen LogP) is 1.07. The van der Waals surface area contributed by atoms with Crippen molar-refractivity contribution in [3.63, 3.8) is 0 Å². The highest BCUT2D eigenvalue weighted by molar-refractivity contribution is 5.78. The van der Waals surface area contributed by atoms with Gasteiger partial charge in [0.15, 0.2) is 5.65 Å². The second-order valence-corrected chi connectivity index (χ2v) is 3.74. The number of hydrogen-bond donors (Lipinski definition) is 3. The summed E-state index contributed by atoms with van der Waals surface area (Å²) in [5, 5.41) is 0. The number of rotatable bonds is 1. The van der Waals surface area contributed by atoms with Crippen molar-refractivity contribution in [2.45, 2.75) is 12.8 Å². The van der Waals surface area contributed by atoms with E-state index in [1.54, 1.807) is 0 Å². The molecular formula is C9H13N5. The second kappa shape index (κ2) is 2.67. The predicted molar refractivity (Wildman–Crippen MR) is 56.3 cm³/mol. The van der Waals surface area contributed by atoms with Gasteiger partial charge in [-0.2, -0.15) is 4.98 Å². The van der Waals surface area contributed by atoms with Gasteiger partial charge in [-0.15, -0.1) is 0 Å². The van der Waals surface area contributed by atoms with E-state index in [9.17, 15) is 0 Å². The summed E-state index contributed by atoms with van der Waals surface area (Å²) in [7, 11) is 0. The molecule has 0 bridgehead atoms. The highest BCUT2D eigenvalue weighted by atomic mass is 15.3. The molecular weight excluding hydrogens is 178 g/mol. The molecule has 2 aromatic heterocycles. The van der Waals surface area contributed by atoms with E-state index in [1.807, 2.05) is 6.07 Å². The fraction of sp³-hybridized carbons (Fsp3) is 0.444. The van der Waals surface area contributed by atoms with Gasteiger partial charge < -0.3 is 20.6 Å². The smallest absolute Gasteiger partial charge is 0.205 e. The SMILES string of the molecule is Nc1cc2[nH]c(N3CCCC3)nc2[nH]1. The minimum atomic E-state index is 0.659. The van der Waals surface area contributed by atoms with Gasteiger partial charge in [-0.3, -0.25) is 0 Å². The Hall–Kier alpha value is -1.65. The number of aromatic amines is 2. The average molecular weight is 191 g/mol. The molecule has 0 aliphatic carbocycles. The van der Waals surface area contributed by atoms with E-state index in [-0.39, 0.29) is 0 Å². The minimum absolute atomic E-state index is 0.659. The van der Waals surface area contributed by atoms with Crippen LogP contribution in [-0.4, -0.2) is 28.0 Å². The number of H-pyrrole nitrogens is 2. The van der Waals surface area contributed by atoms with Crippen molar-refractivity contribution >= 4 is 22.9 Å². The zero-order valence-corrected chi connectivity index (χ0v) is 7.88. The van der Waals surface area contributed by atoms with E-state index in [1.165, 1.54) is 12.8 Å². The van der Waals surface area contributed by atoms with E-state index >= 15 is 0 Å². The van der Waals surface area contributed by atoms with Crippen LogP contribution in [0.5, 0.6) is 0 Å². The van der Waals surface area contributed by atoms with Gasteiger partial charge in [0.2, 0.25) is 5.95 Å². The summed E-state index contributed by atoms with van der Waals surface area (Å²) in [6.45, 7) is 2.21. The molecule has 74 valence electrons. The second-order valence-electron chi connectivity index (χ2n) is 3.74. The molecule has 5 heteroatoms. The van der Waals surface area contributed by atoms with Crippen LogP contribution in [0.3, 0.4) is 0 Å². The van der Waals surface area contributed by atoms with Gasteiger partial charge in [0.1, 0.15) is 5.82 Å². The fourth-order valence-electron chi connectivity index (χ4n) is 1.98. The van der Waals surface area contributed by atoms with E-state index in [0.29, 0.717) is 5.82 Å². The molecule has 14 heavy (non-hydrogen) atoms. The van der Waals surface area contributed by atoms with Crippen LogP contribution in [0, 0.1) is 0 Å². The molecule has 1 saturated heterocycles. The first-order chi connectivity index (χ1) is 6.83. The van der Waals surface area contributed by atoms with Crippen LogP contribution in [-0.2, 0) is 0 Å². The van der Waals surface area contributed by atoms with Gasteiger partial charge in [0.05, 0.1) is 5.52 Å². The van der Waals surface area contributed by atoms with Crippen molar-refractivity contribution in [3.05, 3.63) is 6.07 Å². The molecule has 4 N–H and O–H groups in total. The molecule has 2 aromatic rings. The third-order valence-electron chi connectivity index (χ3n) is 2.69. The maximum Gasteiger partial charge on any atom is 0.205 e. The molecule has 0 saturated carbocycles. The molecule has 0 unspecified atom stereocenters. The maximum absolute atomic E-state index is 5.61. The Labute approximate surface area is 81.3 Å². The summed E-state index contributed by atoms with van der Waals surface area (Å²) in [6, 6.07) is 1.88. The zero-order valence-electron chi connectivity index (χ0n) is 7.88. The number of nitrogens with zero attached hydrogens (tertiary/aromatic N) is 2. The first-order valence-electron chi connectivity index (χ1n) is 4.92. The number of aromatic nitrogens is 3. The molecule has 1 fully saturated rings. The topological polar surface area (TPSA) is 73.7 Å². The van der Waals surface area contributed by atoms with E-state index in [2.05, 4.69) is 19.9 Å². The fourth-order valence-corrected chi connectivity index (χ4v) is 1.98. The normalized spacial score (nSPS) is 17.0. The molecule has 3 heterocycles. The summed E-state index contributed by atoms with van der Waals surface area (Å²) in [5.74, 6) is 1.62. The van der Waals surface area contributed by atoms with Crippen LogP contribution in [0.2, 0.25) is 0 Å². The van der Waals surface area contributed by atoms with Crippen molar-refractivity contribution in [1.29, 1.82) is 0 Å². The Morgan fingerprint density at radius 3 is 2.79 bits per heavy atom. The molecule has 0 spiro atoms.